The van der Waals surface area contributed by atoms with Crippen molar-refractivity contribution in [3.05, 3.63) is 89.9 Å². The van der Waals surface area contributed by atoms with Crippen molar-refractivity contribution in [3.63, 3.8) is 0 Å². The summed E-state index contributed by atoms with van der Waals surface area (Å²) in [4.78, 5) is 21.4. The molecule has 0 spiro atoms. The quantitative estimate of drug-likeness (QED) is 0.418. The first-order valence-corrected chi connectivity index (χ1v) is 11.9. The number of halogens is 1. The normalized spacial score (nSPS) is 11.9. The first-order chi connectivity index (χ1) is 16.3. The third-order valence-corrected chi connectivity index (χ3v) is 7.75. The molecule has 5 aromatic rings. The van der Waals surface area contributed by atoms with E-state index in [-0.39, 0.29) is 17.1 Å². The number of hydrogen-bond donors (Lipinski definition) is 1. The Kier molecular flexibility index (Phi) is 5.17. The highest BCUT2D eigenvalue weighted by Gasteiger charge is 2.27. The minimum atomic E-state index is -3.98. The molecule has 0 unspecified atom stereocenters. The zero-order chi connectivity index (χ0) is 24.0. The molecular formula is C24H20FN5O3S. The number of nitrogens with one attached hydrogen (secondary N) is 1. The molecule has 0 bridgehead atoms. The average molecular weight is 478 g/mol. The molecule has 4 aromatic heterocycles. The maximum atomic E-state index is 14.5. The van der Waals surface area contributed by atoms with E-state index in [2.05, 4.69) is 15.3 Å². The van der Waals surface area contributed by atoms with Crippen LogP contribution >= 0.6 is 0 Å². The molecule has 4 heterocycles. The van der Waals surface area contributed by atoms with Gasteiger partial charge in [0.1, 0.15) is 16.4 Å². The van der Waals surface area contributed by atoms with Crippen LogP contribution in [0.1, 0.15) is 21.7 Å². The molecule has 0 saturated carbocycles. The summed E-state index contributed by atoms with van der Waals surface area (Å²) in [7, 11) is -2.37. The van der Waals surface area contributed by atoms with Crippen LogP contribution in [0.4, 0.5) is 4.39 Å². The molecule has 0 aliphatic carbocycles. The molecule has 0 radical (unpaired) electrons. The number of pyridine rings is 2. The van der Waals surface area contributed by atoms with E-state index in [1.54, 1.807) is 62.8 Å². The van der Waals surface area contributed by atoms with Gasteiger partial charge in [0.05, 0.1) is 16.6 Å². The molecule has 172 valence electrons. The molecular weight excluding hydrogens is 457 g/mol. The van der Waals surface area contributed by atoms with Gasteiger partial charge in [0, 0.05) is 48.8 Å². The van der Waals surface area contributed by atoms with Crippen LogP contribution in [0.2, 0.25) is 0 Å². The Labute approximate surface area is 194 Å². The maximum absolute atomic E-state index is 14.5. The lowest BCUT2D eigenvalue weighted by molar-refractivity contribution is 0.0942. The molecule has 5 rings (SSSR count). The fraction of sp³-hybridized carbons (Fsp3) is 0.125. The minimum Gasteiger partial charge on any atom is -0.347 e. The van der Waals surface area contributed by atoms with Crippen molar-refractivity contribution >= 4 is 37.9 Å². The summed E-state index contributed by atoms with van der Waals surface area (Å²) in [6.45, 7) is 1.55. The molecule has 0 fully saturated rings. The third kappa shape index (κ3) is 3.43. The lowest BCUT2D eigenvalue weighted by Crippen LogP contribution is -2.25. The fourth-order valence-electron chi connectivity index (χ4n) is 4.03. The molecule has 1 aromatic carbocycles. The van der Waals surface area contributed by atoms with Gasteiger partial charge in [-0.3, -0.25) is 14.8 Å². The Hall–Kier alpha value is -4.05. The van der Waals surface area contributed by atoms with Gasteiger partial charge in [-0.1, -0.05) is 6.07 Å². The predicted octanol–water partition coefficient (Wildman–Crippen LogP) is 3.54. The number of carbonyl (C=O) groups is 1. The van der Waals surface area contributed by atoms with Gasteiger partial charge in [-0.25, -0.2) is 16.8 Å². The van der Waals surface area contributed by atoms with Gasteiger partial charge in [0.2, 0.25) is 0 Å². The number of rotatable bonds is 5. The van der Waals surface area contributed by atoms with E-state index in [0.29, 0.717) is 33.2 Å². The van der Waals surface area contributed by atoms with Crippen LogP contribution in [0.15, 0.2) is 72.0 Å². The van der Waals surface area contributed by atoms with Crippen molar-refractivity contribution in [3.8, 4) is 0 Å². The molecule has 8 nitrogen and oxygen atoms in total. The summed E-state index contributed by atoms with van der Waals surface area (Å²) in [5.41, 5.74) is 2.45. The fourth-order valence-corrected chi connectivity index (χ4v) is 5.65. The van der Waals surface area contributed by atoms with Crippen LogP contribution in [0.25, 0.3) is 21.9 Å². The molecule has 1 amide bonds. The van der Waals surface area contributed by atoms with Crippen LogP contribution in [-0.2, 0) is 23.6 Å². The second-order valence-corrected chi connectivity index (χ2v) is 9.62. The van der Waals surface area contributed by atoms with Gasteiger partial charge in [-0.2, -0.15) is 0 Å². The van der Waals surface area contributed by atoms with Crippen molar-refractivity contribution in [2.45, 2.75) is 18.4 Å². The Bertz CT molecular complexity index is 1690. The Morgan fingerprint density at radius 1 is 1.06 bits per heavy atom. The van der Waals surface area contributed by atoms with Gasteiger partial charge < -0.3 is 9.88 Å². The van der Waals surface area contributed by atoms with Crippen LogP contribution in [-0.4, -0.2) is 32.8 Å². The summed E-state index contributed by atoms with van der Waals surface area (Å²) in [6.07, 6.45) is 4.64. The van der Waals surface area contributed by atoms with Crippen molar-refractivity contribution in [1.29, 1.82) is 0 Å². The lowest BCUT2D eigenvalue weighted by atomic mass is 10.1. The van der Waals surface area contributed by atoms with E-state index in [0.717, 1.165) is 3.97 Å². The van der Waals surface area contributed by atoms with Crippen LogP contribution < -0.4 is 5.32 Å². The number of benzene rings is 1. The second-order valence-electron chi connectivity index (χ2n) is 7.84. The summed E-state index contributed by atoms with van der Waals surface area (Å²) in [5, 5.41) is 3.31. The Morgan fingerprint density at radius 2 is 1.79 bits per heavy atom. The highest BCUT2D eigenvalue weighted by atomic mass is 32.2. The van der Waals surface area contributed by atoms with Gasteiger partial charge in [0.25, 0.3) is 15.9 Å². The number of hydrogen-bond acceptors (Lipinski definition) is 5. The topological polar surface area (TPSA) is 98.9 Å². The molecule has 34 heavy (non-hydrogen) atoms. The van der Waals surface area contributed by atoms with Gasteiger partial charge in [0.15, 0.2) is 0 Å². The van der Waals surface area contributed by atoms with Crippen molar-refractivity contribution < 1.29 is 17.6 Å². The summed E-state index contributed by atoms with van der Waals surface area (Å²) < 4.78 is 44.0. The number of carbonyl (C=O) groups excluding carboxylic acids is 1. The molecule has 0 aliphatic rings. The van der Waals surface area contributed by atoms with Gasteiger partial charge in [-0.15, -0.1) is 0 Å². The second kappa shape index (κ2) is 8.07. The van der Waals surface area contributed by atoms with Crippen LogP contribution in [0.5, 0.6) is 0 Å². The number of aromatic nitrogens is 4. The SMILES string of the molecule is Cc1c(S(=O)(=O)n2ccc3ncccc32)cc(C(=O)NCc2c(F)ccc3ncccc23)n1C. The molecule has 10 heteroatoms. The van der Waals surface area contributed by atoms with E-state index in [1.807, 2.05) is 0 Å². The first-order valence-electron chi connectivity index (χ1n) is 10.4. The first kappa shape index (κ1) is 21.8. The van der Waals surface area contributed by atoms with Crippen molar-refractivity contribution in [2.75, 3.05) is 0 Å². The highest BCUT2D eigenvalue weighted by molar-refractivity contribution is 7.90. The van der Waals surface area contributed by atoms with E-state index in [4.69, 9.17) is 0 Å². The third-order valence-electron chi connectivity index (χ3n) is 5.95. The maximum Gasteiger partial charge on any atom is 0.270 e. The minimum absolute atomic E-state index is 0.00189. The summed E-state index contributed by atoms with van der Waals surface area (Å²) in [6, 6.07) is 12.6. The van der Waals surface area contributed by atoms with Crippen molar-refractivity contribution in [1.82, 2.24) is 23.8 Å². The Balaban J connectivity index is 1.47. The standard InChI is InChI=1S/C24H20FN5O3S/c1-15-23(34(32,33)30-12-9-20-21(30)6-4-11-27-20)13-22(29(15)2)24(31)28-14-17-16-5-3-10-26-19(16)8-7-18(17)25/h3-13H,14H2,1-2H3,(H,28,31). The Morgan fingerprint density at radius 3 is 2.59 bits per heavy atom. The van der Waals surface area contributed by atoms with Crippen LogP contribution in [0, 0.1) is 12.7 Å². The number of fused-ring (bicyclic) bond motifs is 2. The molecule has 0 saturated heterocycles. The molecule has 0 atom stereocenters. The number of nitrogens with zero attached hydrogens (tertiary/aromatic N) is 4. The van der Waals surface area contributed by atoms with E-state index in [9.17, 15) is 17.6 Å². The predicted molar refractivity (Wildman–Crippen MR) is 125 cm³/mol. The highest BCUT2D eigenvalue weighted by Crippen LogP contribution is 2.26. The smallest absolute Gasteiger partial charge is 0.270 e. The van der Waals surface area contributed by atoms with Crippen molar-refractivity contribution in [2.24, 2.45) is 7.05 Å². The van der Waals surface area contributed by atoms with Gasteiger partial charge >= 0.3 is 0 Å². The summed E-state index contributed by atoms with van der Waals surface area (Å²) in [5.74, 6) is -0.980. The zero-order valence-electron chi connectivity index (χ0n) is 18.4. The zero-order valence-corrected chi connectivity index (χ0v) is 19.2. The molecule has 1 N–H and O–H groups in total. The monoisotopic (exact) mass is 477 g/mol. The van der Waals surface area contributed by atoms with E-state index >= 15 is 0 Å². The summed E-state index contributed by atoms with van der Waals surface area (Å²) >= 11 is 0. The van der Waals surface area contributed by atoms with Crippen LogP contribution in [0.3, 0.4) is 0 Å². The largest absolute Gasteiger partial charge is 0.347 e. The van der Waals surface area contributed by atoms with E-state index < -0.39 is 21.7 Å². The average Bonchev–Trinajstić information content (AvgIpc) is 3.40. The van der Waals surface area contributed by atoms with Gasteiger partial charge in [-0.05, 0) is 49.4 Å². The lowest BCUT2D eigenvalue weighted by Gasteiger charge is -2.10. The number of amides is 1. The van der Waals surface area contributed by atoms with E-state index in [1.165, 1.54) is 22.9 Å². The molecule has 0 aliphatic heterocycles.